The maximum atomic E-state index is 12.0. The van der Waals surface area contributed by atoms with Crippen LogP contribution in [0.25, 0.3) is 0 Å². The van der Waals surface area contributed by atoms with Crippen LogP contribution in [0.15, 0.2) is 48.7 Å². The molecule has 0 fully saturated rings. The third-order valence-corrected chi connectivity index (χ3v) is 3.83. The lowest BCUT2D eigenvalue weighted by Gasteiger charge is -2.08. The van der Waals surface area contributed by atoms with Crippen LogP contribution in [0.1, 0.15) is 16.1 Å². The molecule has 1 amide bonds. The molecule has 0 unspecified atom stereocenters. The summed E-state index contributed by atoms with van der Waals surface area (Å²) in [5.74, 6) is -1.00. The van der Waals surface area contributed by atoms with Gasteiger partial charge >= 0.3 is 0 Å². The zero-order chi connectivity index (χ0) is 15.3. The number of nitrogens with zero attached hydrogens (tertiary/aromatic N) is 1. The highest BCUT2D eigenvalue weighted by Gasteiger charge is 2.13. The molecule has 7 nitrogen and oxygen atoms in total. The van der Waals surface area contributed by atoms with E-state index < -0.39 is 15.9 Å². The fraction of sp³-hybridized carbons (Fsp3) is 0.0769. The SMILES string of the molecule is O=C(NO)c1cc(NS(=O)(=O)Cc2ccccc2)ccn1. The second-order valence-corrected chi connectivity index (χ2v) is 5.94. The quantitative estimate of drug-likeness (QED) is 0.567. The van der Waals surface area contributed by atoms with Crippen molar-refractivity contribution in [1.82, 2.24) is 10.5 Å². The molecular formula is C13H13N3O4S. The molecule has 0 atom stereocenters. The molecule has 0 saturated carbocycles. The smallest absolute Gasteiger partial charge is 0.288 e. The highest BCUT2D eigenvalue weighted by atomic mass is 32.2. The summed E-state index contributed by atoms with van der Waals surface area (Å²) in [4.78, 5) is 14.9. The third-order valence-electron chi connectivity index (χ3n) is 2.57. The molecule has 0 saturated heterocycles. The first kappa shape index (κ1) is 14.9. The van der Waals surface area contributed by atoms with Crippen molar-refractivity contribution in [1.29, 1.82) is 0 Å². The summed E-state index contributed by atoms with van der Waals surface area (Å²) >= 11 is 0. The first-order valence-electron chi connectivity index (χ1n) is 5.95. The molecule has 2 aromatic rings. The Morgan fingerprint density at radius 1 is 1.19 bits per heavy atom. The highest BCUT2D eigenvalue weighted by Crippen LogP contribution is 2.13. The summed E-state index contributed by atoms with van der Waals surface area (Å²) in [6, 6.07) is 11.4. The van der Waals surface area contributed by atoms with Crippen molar-refractivity contribution in [3.05, 3.63) is 59.9 Å². The van der Waals surface area contributed by atoms with Gasteiger partial charge in [-0.15, -0.1) is 0 Å². The van der Waals surface area contributed by atoms with E-state index in [4.69, 9.17) is 5.21 Å². The number of hydroxylamine groups is 1. The maximum absolute atomic E-state index is 12.0. The van der Waals surface area contributed by atoms with E-state index >= 15 is 0 Å². The van der Waals surface area contributed by atoms with Crippen LogP contribution < -0.4 is 10.2 Å². The second-order valence-electron chi connectivity index (χ2n) is 4.22. The number of benzene rings is 1. The molecule has 3 N–H and O–H groups in total. The minimum Gasteiger partial charge on any atom is -0.288 e. The molecule has 1 heterocycles. The van der Waals surface area contributed by atoms with E-state index in [1.807, 2.05) is 0 Å². The van der Waals surface area contributed by atoms with E-state index in [9.17, 15) is 13.2 Å². The number of sulfonamides is 1. The van der Waals surface area contributed by atoms with Crippen molar-refractivity contribution in [3.8, 4) is 0 Å². The van der Waals surface area contributed by atoms with Gasteiger partial charge in [0.05, 0.1) is 11.4 Å². The van der Waals surface area contributed by atoms with Gasteiger partial charge < -0.3 is 0 Å². The molecule has 2 rings (SSSR count). The van der Waals surface area contributed by atoms with E-state index in [0.29, 0.717) is 5.56 Å². The van der Waals surface area contributed by atoms with Gasteiger partial charge in [-0.2, -0.15) is 0 Å². The number of hydrogen-bond acceptors (Lipinski definition) is 5. The Bertz CT molecular complexity index is 732. The molecule has 0 aliphatic rings. The normalized spacial score (nSPS) is 10.9. The van der Waals surface area contributed by atoms with Crippen LogP contribution in [0.2, 0.25) is 0 Å². The Labute approximate surface area is 121 Å². The van der Waals surface area contributed by atoms with Gasteiger partial charge in [-0.05, 0) is 17.7 Å². The predicted molar refractivity (Wildman–Crippen MR) is 76.2 cm³/mol. The molecule has 8 heteroatoms. The molecule has 110 valence electrons. The Morgan fingerprint density at radius 2 is 1.90 bits per heavy atom. The molecule has 1 aromatic carbocycles. The second kappa shape index (κ2) is 6.33. The Hall–Kier alpha value is -2.45. The summed E-state index contributed by atoms with van der Waals surface area (Å²) in [5, 5.41) is 8.53. The molecule has 0 radical (unpaired) electrons. The maximum Gasteiger partial charge on any atom is 0.293 e. The molecule has 0 bridgehead atoms. The van der Waals surface area contributed by atoms with Gasteiger partial charge in [0.15, 0.2) is 0 Å². The lowest BCUT2D eigenvalue weighted by molar-refractivity contribution is 0.0701. The Balaban J connectivity index is 2.15. The number of rotatable bonds is 5. The summed E-state index contributed by atoms with van der Waals surface area (Å²) in [5.41, 5.74) is 2.17. The number of aromatic nitrogens is 1. The predicted octanol–water partition coefficient (Wildman–Crippen LogP) is 1.14. The number of amides is 1. The van der Waals surface area contributed by atoms with E-state index in [1.165, 1.54) is 23.8 Å². The van der Waals surface area contributed by atoms with Crippen molar-refractivity contribution < 1.29 is 18.4 Å². The molecule has 0 aliphatic carbocycles. The summed E-state index contributed by atoms with van der Waals surface area (Å²) in [7, 11) is -3.61. The number of hydrogen-bond donors (Lipinski definition) is 3. The number of nitrogens with one attached hydrogen (secondary N) is 2. The van der Waals surface area contributed by atoms with Crippen molar-refractivity contribution in [2.45, 2.75) is 5.75 Å². The standard InChI is InChI=1S/C13H13N3O4S/c17-13(15-18)12-8-11(6-7-14-12)16-21(19,20)9-10-4-2-1-3-5-10/h1-8,18H,9H2,(H,14,16)(H,15,17). The fourth-order valence-electron chi connectivity index (χ4n) is 1.68. The first-order valence-corrected chi connectivity index (χ1v) is 7.60. The topological polar surface area (TPSA) is 108 Å². The van der Waals surface area contributed by atoms with E-state index in [2.05, 4.69) is 9.71 Å². The van der Waals surface area contributed by atoms with Crippen LogP contribution in [0.5, 0.6) is 0 Å². The van der Waals surface area contributed by atoms with Crippen molar-refractivity contribution in [2.75, 3.05) is 4.72 Å². The summed E-state index contributed by atoms with van der Waals surface area (Å²) in [6.07, 6.45) is 1.27. The van der Waals surface area contributed by atoms with Gasteiger partial charge in [-0.25, -0.2) is 13.9 Å². The van der Waals surface area contributed by atoms with Crippen LogP contribution in [0, 0.1) is 0 Å². The Kier molecular flexibility index (Phi) is 4.51. The number of pyridine rings is 1. The van der Waals surface area contributed by atoms with E-state index in [0.717, 1.165) is 0 Å². The number of anilines is 1. The van der Waals surface area contributed by atoms with Crippen LogP contribution in [-0.2, 0) is 15.8 Å². The molecular weight excluding hydrogens is 294 g/mol. The van der Waals surface area contributed by atoms with Crippen LogP contribution >= 0.6 is 0 Å². The summed E-state index contributed by atoms with van der Waals surface area (Å²) < 4.78 is 26.4. The largest absolute Gasteiger partial charge is 0.293 e. The minimum atomic E-state index is -3.61. The van der Waals surface area contributed by atoms with Gasteiger partial charge in [-0.1, -0.05) is 30.3 Å². The van der Waals surface area contributed by atoms with Crippen molar-refractivity contribution >= 4 is 21.6 Å². The molecule has 0 spiro atoms. The zero-order valence-electron chi connectivity index (χ0n) is 10.9. The van der Waals surface area contributed by atoms with Gasteiger partial charge in [-0.3, -0.25) is 19.7 Å². The van der Waals surface area contributed by atoms with Crippen LogP contribution in [0.3, 0.4) is 0 Å². The highest BCUT2D eigenvalue weighted by molar-refractivity contribution is 7.91. The molecule has 0 aliphatic heterocycles. The van der Waals surface area contributed by atoms with Crippen LogP contribution in [-0.4, -0.2) is 24.5 Å². The fourth-order valence-corrected chi connectivity index (χ4v) is 2.87. The first-order chi connectivity index (χ1) is 10.00. The molecule has 21 heavy (non-hydrogen) atoms. The van der Waals surface area contributed by atoms with Gasteiger partial charge in [0, 0.05) is 6.20 Å². The zero-order valence-corrected chi connectivity index (χ0v) is 11.7. The lowest BCUT2D eigenvalue weighted by Crippen LogP contribution is -2.20. The van der Waals surface area contributed by atoms with E-state index in [1.54, 1.807) is 30.3 Å². The van der Waals surface area contributed by atoms with Crippen LogP contribution in [0.4, 0.5) is 5.69 Å². The van der Waals surface area contributed by atoms with Crippen molar-refractivity contribution in [2.24, 2.45) is 0 Å². The molecule has 1 aromatic heterocycles. The van der Waals surface area contributed by atoms with Gasteiger partial charge in [0.25, 0.3) is 5.91 Å². The average Bonchev–Trinajstić information content (AvgIpc) is 2.46. The third kappa shape index (κ3) is 4.26. The average molecular weight is 307 g/mol. The number of carbonyl (C=O) groups excluding carboxylic acids is 1. The summed E-state index contributed by atoms with van der Waals surface area (Å²) in [6.45, 7) is 0. The monoisotopic (exact) mass is 307 g/mol. The minimum absolute atomic E-state index is 0.0996. The lowest BCUT2D eigenvalue weighted by atomic mass is 10.2. The van der Waals surface area contributed by atoms with E-state index in [-0.39, 0.29) is 17.1 Å². The number of carbonyl (C=O) groups is 1. The Morgan fingerprint density at radius 3 is 2.57 bits per heavy atom. The van der Waals surface area contributed by atoms with Gasteiger partial charge in [0.1, 0.15) is 5.69 Å². The van der Waals surface area contributed by atoms with Gasteiger partial charge in [0.2, 0.25) is 10.0 Å². The van der Waals surface area contributed by atoms with Crippen molar-refractivity contribution in [3.63, 3.8) is 0 Å².